The van der Waals surface area contributed by atoms with E-state index < -0.39 is 5.41 Å². The quantitative estimate of drug-likeness (QED) is 0.790. The highest BCUT2D eigenvalue weighted by molar-refractivity contribution is 5.51. The van der Waals surface area contributed by atoms with Crippen molar-refractivity contribution >= 4 is 0 Å². The summed E-state index contributed by atoms with van der Waals surface area (Å²) in [6, 6.07) is 12.3. The summed E-state index contributed by atoms with van der Waals surface area (Å²) in [5, 5.41) is 10.3. The molecule has 0 aliphatic carbocycles. The molecule has 0 aromatic heterocycles. The number of hydrogen-bond acceptors (Lipinski definition) is 1. The second kappa shape index (κ2) is 5.16. The van der Waals surface area contributed by atoms with Gasteiger partial charge in [-0.2, -0.15) is 0 Å². The van der Waals surface area contributed by atoms with Crippen molar-refractivity contribution in [3.8, 4) is 5.75 Å². The fourth-order valence-corrected chi connectivity index (χ4v) is 2.74. The number of aryl methyl sites for hydroxylation is 3. The number of phenols is 1. The maximum absolute atomic E-state index is 10.3. The molecule has 1 heteroatoms. The average Bonchev–Trinajstić information content (AvgIpc) is 2.36. The summed E-state index contributed by atoms with van der Waals surface area (Å²) in [4.78, 5) is 0. The zero-order valence-electron chi connectivity index (χ0n) is 12.7. The van der Waals surface area contributed by atoms with Crippen LogP contribution in [0, 0.1) is 20.8 Å². The van der Waals surface area contributed by atoms with E-state index in [1.807, 2.05) is 25.1 Å². The Bertz CT molecular complexity index is 635. The van der Waals surface area contributed by atoms with Crippen LogP contribution in [0.1, 0.15) is 34.7 Å². The molecule has 104 valence electrons. The molecular formula is C19H22O. The van der Waals surface area contributed by atoms with Crippen LogP contribution >= 0.6 is 0 Å². The van der Waals surface area contributed by atoms with Gasteiger partial charge in [0.15, 0.2) is 0 Å². The lowest BCUT2D eigenvalue weighted by molar-refractivity contribution is 0.458. The third-order valence-electron chi connectivity index (χ3n) is 3.94. The van der Waals surface area contributed by atoms with Crippen LogP contribution in [0.2, 0.25) is 0 Å². The lowest BCUT2D eigenvalue weighted by Crippen LogP contribution is -2.21. The molecule has 0 amide bonds. The van der Waals surface area contributed by atoms with Gasteiger partial charge < -0.3 is 5.11 Å². The molecule has 0 saturated heterocycles. The van der Waals surface area contributed by atoms with E-state index >= 15 is 0 Å². The van der Waals surface area contributed by atoms with Gasteiger partial charge in [-0.25, -0.2) is 0 Å². The summed E-state index contributed by atoms with van der Waals surface area (Å²) >= 11 is 0. The molecule has 1 atom stereocenters. The Kier molecular flexibility index (Phi) is 3.71. The Balaban J connectivity index is 2.66. The smallest absolute Gasteiger partial charge is 0.120 e. The van der Waals surface area contributed by atoms with Gasteiger partial charge >= 0.3 is 0 Å². The third kappa shape index (κ3) is 2.49. The van der Waals surface area contributed by atoms with E-state index in [9.17, 15) is 5.11 Å². The number of benzene rings is 2. The normalized spacial score (nSPS) is 13.8. The van der Waals surface area contributed by atoms with Gasteiger partial charge in [0.25, 0.3) is 0 Å². The topological polar surface area (TPSA) is 20.2 Å². The largest absolute Gasteiger partial charge is 0.508 e. The van der Waals surface area contributed by atoms with Gasteiger partial charge in [-0.3, -0.25) is 0 Å². The molecule has 2 aromatic carbocycles. The number of allylic oxidation sites excluding steroid dienone is 1. The molecular weight excluding hydrogens is 244 g/mol. The summed E-state index contributed by atoms with van der Waals surface area (Å²) in [5.41, 5.74) is 5.15. The van der Waals surface area contributed by atoms with Gasteiger partial charge in [0.05, 0.1) is 0 Å². The summed E-state index contributed by atoms with van der Waals surface area (Å²) in [5.74, 6) is 0.326. The predicted molar refractivity (Wildman–Crippen MR) is 85.4 cm³/mol. The minimum atomic E-state index is -0.394. The molecule has 0 aliphatic rings. The van der Waals surface area contributed by atoms with E-state index in [0.29, 0.717) is 5.75 Å². The van der Waals surface area contributed by atoms with E-state index in [1.54, 1.807) is 6.07 Å². The zero-order chi connectivity index (χ0) is 14.9. The minimum Gasteiger partial charge on any atom is -0.508 e. The molecule has 0 fully saturated rings. The highest BCUT2D eigenvalue weighted by Crippen LogP contribution is 2.39. The SMILES string of the molecule is C=CC(C)(c1cc(C)cc(C)c1)c1ccc(C)cc1O. The van der Waals surface area contributed by atoms with Crippen molar-refractivity contribution < 1.29 is 5.11 Å². The van der Waals surface area contributed by atoms with Crippen LogP contribution in [-0.2, 0) is 5.41 Å². The average molecular weight is 266 g/mol. The molecule has 0 radical (unpaired) electrons. The van der Waals surface area contributed by atoms with Gasteiger partial charge in [0.2, 0.25) is 0 Å². The van der Waals surface area contributed by atoms with Crippen LogP contribution in [-0.4, -0.2) is 5.11 Å². The lowest BCUT2D eigenvalue weighted by atomic mass is 9.75. The highest BCUT2D eigenvalue weighted by Gasteiger charge is 2.28. The van der Waals surface area contributed by atoms with Gasteiger partial charge in [-0.05, 0) is 44.9 Å². The van der Waals surface area contributed by atoms with E-state index in [2.05, 4.69) is 45.5 Å². The first kappa shape index (κ1) is 14.4. The van der Waals surface area contributed by atoms with Crippen LogP contribution in [0.4, 0.5) is 0 Å². The summed E-state index contributed by atoms with van der Waals surface area (Å²) in [7, 11) is 0. The van der Waals surface area contributed by atoms with Crippen molar-refractivity contribution in [3.05, 3.63) is 76.9 Å². The maximum Gasteiger partial charge on any atom is 0.120 e. The first-order chi connectivity index (χ1) is 9.36. The fourth-order valence-electron chi connectivity index (χ4n) is 2.74. The van der Waals surface area contributed by atoms with Gasteiger partial charge in [-0.15, -0.1) is 6.58 Å². The van der Waals surface area contributed by atoms with Crippen molar-refractivity contribution in [2.24, 2.45) is 0 Å². The Hall–Kier alpha value is -2.02. The van der Waals surface area contributed by atoms with E-state index in [1.165, 1.54) is 11.1 Å². The molecule has 2 aromatic rings. The van der Waals surface area contributed by atoms with Crippen molar-refractivity contribution in [2.75, 3.05) is 0 Å². The number of aromatic hydroxyl groups is 1. The molecule has 0 spiro atoms. The van der Waals surface area contributed by atoms with Crippen LogP contribution < -0.4 is 0 Å². The summed E-state index contributed by atoms with van der Waals surface area (Å²) in [6.45, 7) is 12.3. The molecule has 1 unspecified atom stereocenters. The van der Waals surface area contributed by atoms with Gasteiger partial charge in [-0.1, -0.05) is 47.5 Å². The van der Waals surface area contributed by atoms with Crippen molar-refractivity contribution in [1.29, 1.82) is 0 Å². The summed E-state index contributed by atoms with van der Waals surface area (Å²) < 4.78 is 0. The number of phenolic OH excluding ortho intramolecular Hbond substituents is 1. The number of hydrogen-bond donors (Lipinski definition) is 1. The monoisotopic (exact) mass is 266 g/mol. The van der Waals surface area contributed by atoms with E-state index in [-0.39, 0.29) is 0 Å². The molecule has 20 heavy (non-hydrogen) atoms. The van der Waals surface area contributed by atoms with Gasteiger partial charge in [0.1, 0.15) is 5.75 Å². The molecule has 0 saturated carbocycles. The van der Waals surface area contributed by atoms with Crippen LogP contribution in [0.3, 0.4) is 0 Å². The Morgan fingerprint density at radius 3 is 2.05 bits per heavy atom. The fraction of sp³-hybridized carbons (Fsp3) is 0.263. The predicted octanol–water partition coefficient (Wildman–Crippen LogP) is 4.81. The Morgan fingerprint density at radius 1 is 0.950 bits per heavy atom. The molecule has 2 rings (SSSR count). The third-order valence-corrected chi connectivity index (χ3v) is 3.94. The molecule has 0 heterocycles. The van der Waals surface area contributed by atoms with Crippen LogP contribution in [0.15, 0.2) is 49.1 Å². The second-order valence-corrected chi connectivity index (χ2v) is 5.80. The maximum atomic E-state index is 10.3. The van der Waals surface area contributed by atoms with E-state index in [0.717, 1.165) is 16.7 Å². The Labute approximate surface area is 121 Å². The molecule has 0 aliphatic heterocycles. The molecule has 1 N–H and O–H groups in total. The second-order valence-electron chi connectivity index (χ2n) is 5.80. The molecule has 1 nitrogen and oxygen atoms in total. The van der Waals surface area contributed by atoms with Crippen molar-refractivity contribution in [1.82, 2.24) is 0 Å². The first-order valence-corrected chi connectivity index (χ1v) is 6.89. The minimum absolute atomic E-state index is 0.326. The van der Waals surface area contributed by atoms with E-state index in [4.69, 9.17) is 0 Å². The van der Waals surface area contributed by atoms with Crippen molar-refractivity contribution in [2.45, 2.75) is 33.1 Å². The lowest BCUT2D eigenvalue weighted by Gasteiger charge is -2.29. The highest BCUT2D eigenvalue weighted by atomic mass is 16.3. The van der Waals surface area contributed by atoms with Crippen LogP contribution in [0.5, 0.6) is 5.75 Å². The number of rotatable bonds is 3. The zero-order valence-corrected chi connectivity index (χ0v) is 12.7. The van der Waals surface area contributed by atoms with Crippen molar-refractivity contribution in [3.63, 3.8) is 0 Å². The van der Waals surface area contributed by atoms with Crippen LogP contribution in [0.25, 0.3) is 0 Å². The standard InChI is InChI=1S/C19H22O/c1-6-19(5,16-10-14(3)9-15(4)11-16)17-8-7-13(2)12-18(17)20/h6-12,20H,1H2,2-5H3. The Morgan fingerprint density at radius 2 is 1.55 bits per heavy atom. The first-order valence-electron chi connectivity index (χ1n) is 6.89. The molecule has 0 bridgehead atoms. The van der Waals surface area contributed by atoms with Gasteiger partial charge in [0, 0.05) is 11.0 Å². The summed E-state index contributed by atoms with van der Waals surface area (Å²) in [6.07, 6.45) is 1.91.